The Bertz CT molecular complexity index is 153. The Hall–Kier alpha value is -0.610. The van der Waals surface area contributed by atoms with Gasteiger partial charge in [0.1, 0.15) is 0 Å². The van der Waals surface area contributed by atoms with Crippen molar-refractivity contribution in [2.24, 2.45) is 0 Å². The molecular weight excluding hydrogens is 178 g/mol. The third-order valence-electron chi connectivity index (χ3n) is 2.24. The zero-order valence-electron chi connectivity index (χ0n) is 9.84. The van der Waals surface area contributed by atoms with Crippen LogP contribution >= 0.6 is 0 Å². The molecule has 84 valence electrons. The van der Waals surface area contributed by atoms with Crippen molar-refractivity contribution >= 4 is 5.91 Å². The summed E-state index contributed by atoms with van der Waals surface area (Å²) in [7, 11) is 3.79. The number of rotatable bonds is 2. The number of hydrogen-bond donors (Lipinski definition) is 1. The molecule has 1 aliphatic heterocycles. The number of hydrogen-bond acceptors (Lipinski definition) is 3. The molecule has 1 amide bonds. The van der Waals surface area contributed by atoms with Crippen LogP contribution in [0.4, 0.5) is 0 Å². The van der Waals surface area contributed by atoms with E-state index in [1.54, 1.807) is 7.05 Å². The molecule has 0 unspecified atom stereocenters. The molecule has 0 radical (unpaired) electrons. The normalized spacial score (nSPS) is 18.3. The molecule has 1 saturated heterocycles. The molecule has 0 aromatic heterocycles. The number of amides is 1. The molecule has 1 N–H and O–H groups in total. The highest BCUT2D eigenvalue weighted by molar-refractivity contribution is 5.77. The van der Waals surface area contributed by atoms with Gasteiger partial charge in [0.15, 0.2) is 0 Å². The Labute approximate surface area is 87.3 Å². The molecule has 1 fully saturated rings. The summed E-state index contributed by atoms with van der Waals surface area (Å²) in [6.07, 6.45) is 0. The van der Waals surface area contributed by atoms with Crippen molar-refractivity contribution in [1.82, 2.24) is 15.1 Å². The summed E-state index contributed by atoms with van der Waals surface area (Å²) in [5.41, 5.74) is 0. The second-order valence-electron chi connectivity index (χ2n) is 3.25. The number of carbonyl (C=O) groups is 1. The van der Waals surface area contributed by atoms with Gasteiger partial charge in [0.2, 0.25) is 5.91 Å². The Morgan fingerprint density at radius 3 is 2.14 bits per heavy atom. The number of nitrogens with one attached hydrogen (secondary N) is 1. The second kappa shape index (κ2) is 7.76. The van der Waals surface area contributed by atoms with E-state index in [0.717, 1.165) is 26.2 Å². The van der Waals surface area contributed by atoms with E-state index < -0.39 is 0 Å². The molecule has 0 aromatic carbocycles. The molecule has 4 heteroatoms. The van der Waals surface area contributed by atoms with Gasteiger partial charge in [-0.25, -0.2) is 0 Å². The maximum Gasteiger partial charge on any atom is 0.233 e. The van der Waals surface area contributed by atoms with Gasteiger partial charge in [-0.1, -0.05) is 13.8 Å². The minimum absolute atomic E-state index is 0.111. The van der Waals surface area contributed by atoms with E-state index in [1.807, 2.05) is 13.8 Å². The average molecular weight is 201 g/mol. The summed E-state index contributed by atoms with van der Waals surface area (Å²) in [5.74, 6) is 0.111. The lowest BCUT2D eigenvalue weighted by Gasteiger charge is -2.31. The van der Waals surface area contributed by atoms with Gasteiger partial charge >= 0.3 is 0 Å². The summed E-state index contributed by atoms with van der Waals surface area (Å²) in [5, 5.41) is 2.63. The molecule has 0 aliphatic carbocycles. The van der Waals surface area contributed by atoms with Crippen molar-refractivity contribution < 1.29 is 4.79 Å². The van der Waals surface area contributed by atoms with Crippen LogP contribution in [0.25, 0.3) is 0 Å². The summed E-state index contributed by atoms with van der Waals surface area (Å²) in [4.78, 5) is 15.5. The van der Waals surface area contributed by atoms with Crippen molar-refractivity contribution in [3.63, 3.8) is 0 Å². The zero-order chi connectivity index (χ0) is 11.0. The fourth-order valence-corrected chi connectivity index (χ4v) is 1.29. The minimum Gasteiger partial charge on any atom is -0.358 e. The van der Waals surface area contributed by atoms with E-state index in [1.165, 1.54) is 0 Å². The van der Waals surface area contributed by atoms with Crippen molar-refractivity contribution in [2.45, 2.75) is 13.8 Å². The first-order valence-corrected chi connectivity index (χ1v) is 5.34. The van der Waals surface area contributed by atoms with Crippen molar-refractivity contribution in [2.75, 3.05) is 46.8 Å². The van der Waals surface area contributed by atoms with Crippen LogP contribution < -0.4 is 5.32 Å². The number of carbonyl (C=O) groups excluding carboxylic acids is 1. The Balaban J connectivity index is 0.000000791. The van der Waals surface area contributed by atoms with Crippen LogP contribution in [-0.2, 0) is 4.79 Å². The van der Waals surface area contributed by atoms with Crippen LogP contribution in [0.1, 0.15) is 13.8 Å². The molecule has 0 aromatic rings. The zero-order valence-corrected chi connectivity index (χ0v) is 9.84. The minimum atomic E-state index is 0.111. The molecule has 0 spiro atoms. The molecular formula is C10H23N3O. The summed E-state index contributed by atoms with van der Waals surface area (Å²) >= 11 is 0. The summed E-state index contributed by atoms with van der Waals surface area (Å²) < 4.78 is 0. The van der Waals surface area contributed by atoms with Gasteiger partial charge in [-0.3, -0.25) is 9.69 Å². The van der Waals surface area contributed by atoms with E-state index in [-0.39, 0.29) is 5.91 Å². The van der Waals surface area contributed by atoms with Gasteiger partial charge in [0.25, 0.3) is 0 Å². The van der Waals surface area contributed by atoms with Crippen molar-refractivity contribution in [3.05, 3.63) is 0 Å². The van der Waals surface area contributed by atoms with E-state index in [2.05, 4.69) is 22.2 Å². The van der Waals surface area contributed by atoms with Crippen molar-refractivity contribution in [3.8, 4) is 0 Å². The van der Waals surface area contributed by atoms with Crippen LogP contribution in [0, 0.1) is 0 Å². The second-order valence-corrected chi connectivity index (χ2v) is 3.25. The lowest BCUT2D eigenvalue weighted by atomic mass is 10.3. The van der Waals surface area contributed by atoms with Crippen LogP contribution in [0.2, 0.25) is 0 Å². The topological polar surface area (TPSA) is 35.6 Å². The van der Waals surface area contributed by atoms with E-state index >= 15 is 0 Å². The summed E-state index contributed by atoms with van der Waals surface area (Å²) in [6, 6.07) is 0. The highest BCUT2D eigenvalue weighted by atomic mass is 16.1. The fraction of sp³-hybridized carbons (Fsp3) is 0.900. The molecule has 14 heavy (non-hydrogen) atoms. The maximum absolute atomic E-state index is 11.0. The monoisotopic (exact) mass is 201 g/mol. The van der Waals surface area contributed by atoms with Gasteiger partial charge in [-0.05, 0) is 7.05 Å². The molecule has 1 rings (SSSR count). The first kappa shape index (κ1) is 13.4. The highest BCUT2D eigenvalue weighted by Gasteiger charge is 2.15. The highest BCUT2D eigenvalue weighted by Crippen LogP contribution is 1.97. The quantitative estimate of drug-likeness (QED) is 0.683. The first-order chi connectivity index (χ1) is 6.72. The fourth-order valence-electron chi connectivity index (χ4n) is 1.29. The number of likely N-dealkylation sites (N-methyl/N-ethyl adjacent to an activating group) is 2. The standard InChI is InChI=1S/C8H17N3O.C2H6/c1-9-8(12)7-11-5-3-10(2)4-6-11;1-2/h3-7H2,1-2H3,(H,9,12);1-2H3. The van der Waals surface area contributed by atoms with Gasteiger partial charge in [0.05, 0.1) is 6.54 Å². The van der Waals surface area contributed by atoms with Crippen LogP contribution in [0.3, 0.4) is 0 Å². The smallest absolute Gasteiger partial charge is 0.233 e. The maximum atomic E-state index is 11.0. The lowest BCUT2D eigenvalue weighted by molar-refractivity contribution is -0.122. The molecule has 0 saturated carbocycles. The summed E-state index contributed by atoms with van der Waals surface area (Å²) in [6.45, 7) is 8.69. The van der Waals surface area contributed by atoms with Crippen LogP contribution in [-0.4, -0.2) is 62.5 Å². The van der Waals surface area contributed by atoms with Gasteiger partial charge in [0, 0.05) is 33.2 Å². The Morgan fingerprint density at radius 1 is 1.21 bits per heavy atom. The van der Waals surface area contributed by atoms with Gasteiger partial charge in [-0.15, -0.1) is 0 Å². The lowest BCUT2D eigenvalue weighted by Crippen LogP contribution is -2.47. The third-order valence-corrected chi connectivity index (χ3v) is 2.24. The van der Waals surface area contributed by atoms with E-state index in [0.29, 0.717) is 6.54 Å². The van der Waals surface area contributed by atoms with Gasteiger partial charge < -0.3 is 10.2 Å². The SMILES string of the molecule is CC.CNC(=O)CN1CCN(C)CC1. The number of nitrogens with zero attached hydrogens (tertiary/aromatic N) is 2. The molecule has 4 nitrogen and oxygen atoms in total. The van der Waals surface area contributed by atoms with E-state index in [9.17, 15) is 4.79 Å². The Morgan fingerprint density at radius 2 is 1.71 bits per heavy atom. The molecule has 0 atom stereocenters. The molecule has 0 bridgehead atoms. The average Bonchev–Trinajstić information content (AvgIpc) is 2.24. The Kier molecular flexibility index (Phi) is 7.42. The molecule has 1 aliphatic rings. The molecule has 1 heterocycles. The predicted molar refractivity (Wildman–Crippen MR) is 59.4 cm³/mol. The van der Waals surface area contributed by atoms with E-state index in [4.69, 9.17) is 0 Å². The largest absolute Gasteiger partial charge is 0.358 e. The third kappa shape index (κ3) is 5.19. The number of piperazine rings is 1. The van der Waals surface area contributed by atoms with Crippen LogP contribution in [0.15, 0.2) is 0 Å². The van der Waals surface area contributed by atoms with Crippen LogP contribution in [0.5, 0.6) is 0 Å². The predicted octanol–water partition coefficient (Wildman–Crippen LogP) is 0.00600. The first-order valence-electron chi connectivity index (χ1n) is 5.34. The van der Waals surface area contributed by atoms with Crippen molar-refractivity contribution in [1.29, 1.82) is 0 Å². The van der Waals surface area contributed by atoms with Gasteiger partial charge in [-0.2, -0.15) is 0 Å².